The molecule has 0 amide bonds. The fourth-order valence-electron chi connectivity index (χ4n) is 3.18. The summed E-state index contributed by atoms with van der Waals surface area (Å²) >= 11 is 0. The Morgan fingerprint density at radius 2 is 2.25 bits per heavy atom. The third-order valence-corrected chi connectivity index (χ3v) is 4.14. The Hall–Kier alpha value is -2.56. The van der Waals surface area contributed by atoms with E-state index < -0.39 is 5.97 Å². The standard InChI is InChI=1S/C15H13N3O2/c1-18-12-5-3-8(15(19)20)6-11(12)10-4-2-9-7-16-17-13(9)14(10)18/h3,5-7H,2,4H2,1H3,(H,16,17)(H,19,20). The van der Waals surface area contributed by atoms with E-state index in [0.717, 1.165) is 35.1 Å². The Morgan fingerprint density at radius 3 is 3.05 bits per heavy atom. The Morgan fingerprint density at radius 1 is 1.40 bits per heavy atom. The number of carboxylic acids is 1. The molecule has 0 bridgehead atoms. The molecule has 2 aromatic heterocycles. The Kier molecular flexibility index (Phi) is 2.10. The number of hydrogen-bond acceptors (Lipinski definition) is 2. The molecule has 0 saturated heterocycles. The second-order valence-electron chi connectivity index (χ2n) is 5.18. The molecule has 0 radical (unpaired) electrons. The van der Waals surface area contributed by atoms with Gasteiger partial charge in [0.15, 0.2) is 0 Å². The number of nitrogens with one attached hydrogen (secondary N) is 1. The molecule has 20 heavy (non-hydrogen) atoms. The molecule has 0 saturated carbocycles. The van der Waals surface area contributed by atoms with E-state index in [9.17, 15) is 4.79 Å². The summed E-state index contributed by atoms with van der Waals surface area (Å²) in [7, 11) is 2.01. The number of fused-ring (bicyclic) bond motifs is 5. The maximum atomic E-state index is 11.2. The SMILES string of the molecule is Cn1c2c(c3cc(C(=O)O)ccc31)CCc1c[nH]nc1-2. The third kappa shape index (κ3) is 1.32. The number of aromatic nitrogens is 3. The molecule has 1 aliphatic rings. The number of carboxylic acid groups (broad SMARTS) is 1. The first kappa shape index (κ1) is 11.3. The highest BCUT2D eigenvalue weighted by Crippen LogP contribution is 2.38. The van der Waals surface area contributed by atoms with Crippen LogP contribution in [0.3, 0.4) is 0 Å². The second kappa shape index (κ2) is 3.72. The van der Waals surface area contributed by atoms with Crippen LogP contribution in [0.1, 0.15) is 21.5 Å². The smallest absolute Gasteiger partial charge is 0.335 e. The van der Waals surface area contributed by atoms with E-state index in [-0.39, 0.29) is 0 Å². The third-order valence-electron chi connectivity index (χ3n) is 4.14. The molecule has 2 heterocycles. The molecule has 4 rings (SSSR count). The number of nitrogens with zero attached hydrogens (tertiary/aromatic N) is 2. The predicted octanol–water partition coefficient (Wildman–Crippen LogP) is 2.37. The number of benzene rings is 1. The van der Waals surface area contributed by atoms with Gasteiger partial charge in [-0.2, -0.15) is 5.10 Å². The van der Waals surface area contributed by atoms with Crippen molar-refractivity contribution in [3.05, 3.63) is 41.1 Å². The summed E-state index contributed by atoms with van der Waals surface area (Å²) in [6.45, 7) is 0. The minimum atomic E-state index is -0.888. The quantitative estimate of drug-likeness (QED) is 0.711. The summed E-state index contributed by atoms with van der Waals surface area (Å²) in [5.41, 5.74) is 5.90. The zero-order valence-corrected chi connectivity index (χ0v) is 11.0. The van der Waals surface area contributed by atoms with Gasteiger partial charge in [0.2, 0.25) is 0 Å². The van der Waals surface area contributed by atoms with Crippen LogP contribution in [-0.4, -0.2) is 25.8 Å². The van der Waals surface area contributed by atoms with Crippen molar-refractivity contribution in [2.45, 2.75) is 12.8 Å². The normalized spacial score (nSPS) is 13.2. The number of aromatic carboxylic acids is 1. The summed E-state index contributed by atoms with van der Waals surface area (Å²) in [5, 5.41) is 17.5. The van der Waals surface area contributed by atoms with Gasteiger partial charge in [0.25, 0.3) is 0 Å². The topological polar surface area (TPSA) is 70.9 Å². The Balaban J connectivity index is 2.09. The molecule has 2 N–H and O–H groups in total. The maximum absolute atomic E-state index is 11.2. The predicted molar refractivity (Wildman–Crippen MR) is 74.9 cm³/mol. The number of rotatable bonds is 1. The highest BCUT2D eigenvalue weighted by molar-refractivity contribution is 5.98. The van der Waals surface area contributed by atoms with E-state index in [2.05, 4.69) is 14.8 Å². The molecule has 100 valence electrons. The van der Waals surface area contributed by atoms with Gasteiger partial charge in [0.05, 0.1) is 11.3 Å². The van der Waals surface area contributed by atoms with Crippen LogP contribution in [-0.2, 0) is 19.9 Å². The number of H-pyrrole nitrogens is 1. The van der Waals surface area contributed by atoms with Gasteiger partial charge in [0, 0.05) is 24.1 Å². The summed E-state index contributed by atoms with van der Waals surface area (Å²) < 4.78 is 2.11. The highest BCUT2D eigenvalue weighted by Gasteiger charge is 2.25. The van der Waals surface area contributed by atoms with E-state index in [0.29, 0.717) is 5.56 Å². The molecule has 5 heteroatoms. The minimum absolute atomic E-state index is 0.332. The van der Waals surface area contributed by atoms with Crippen molar-refractivity contribution in [1.82, 2.24) is 14.8 Å². The first-order valence-corrected chi connectivity index (χ1v) is 6.54. The van der Waals surface area contributed by atoms with Crippen molar-refractivity contribution < 1.29 is 9.90 Å². The molecule has 1 aliphatic carbocycles. The van der Waals surface area contributed by atoms with E-state index in [1.165, 1.54) is 11.1 Å². The van der Waals surface area contributed by atoms with Crippen LogP contribution < -0.4 is 0 Å². The molecular weight excluding hydrogens is 254 g/mol. The van der Waals surface area contributed by atoms with E-state index >= 15 is 0 Å². The molecule has 5 nitrogen and oxygen atoms in total. The number of hydrogen-bond donors (Lipinski definition) is 2. The molecule has 3 aromatic rings. The summed E-state index contributed by atoms with van der Waals surface area (Å²) in [5.74, 6) is -0.888. The fourth-order valence-corrected chi connectivity index (χ4v) is 3.18. The number of carbonyl (C=O) groups is 1. The van der Waals surface area contributed by atoms with Gasteiger partial charge in [-0.15, -0.1) is 0 Å². The van der Waals surface area contributed by atoms with Crippen molar-refractivity contribution in [3.8, 4) is 11.4 Å². The molecule has 1 aromatic carbocycles. The van der Waals surface area contributed by atoms with E-state index in [1.54, 1.807) is 12.1 Å². The van der Waals surface area contributed by atoms with Crippen molar-refractivity contribution in [2.75, 3.05) is 0 Å². The fraction of sp³-hybridized carbons (Fsp3) is 0.200. The second-order valence-corrected chi connectivity index (χ2v) is 5.18. The average molecular weight is 267 g/mol. The van der Waals surface area contributed by atoms with Crippen molar-refractivity contribution in [1.29, 1.82) is 0 Å². The zero-order chi connectivity index (χ0) is 13.9. The van der Waals surface area contributed by atoms with Crippen LogP contribution in [0.2, 0.25) is 0 Å². The van der Waals surface area contributed by atoms with Crippen LogP contribution in [0.25, 0.3) is 22.3 Å². The average Bonchev–Trinajstić information content (AvgIpc) is 3.02. The molecule has 0 aliphatic heterocycles. The Bertz CT molecular complexity index is 858. The van der Waals surface area contributed by atoms with E-state index in [1.807, 2.05) is 19.3 Å². The number of aromatic amines is 1. The summed E-state index contributed by atoms with van der Waals surface area (Å²) in [6.07, 6.45) is 3.80. The molecule has 0 fully saturated rings. The number of aryl methyl sites for hydroxylation is 3. The first-order chi connectivity index (χ1) is 9.66. The van der Waals surface area contributed by atoms with Gasteiger partial charge < -0.3 is 9.67 Å². The lowest BCUT2D eigenvalue weighted by Gasteiger charge is -2.12. The lowest BCUT2D eigenvalue weighted by molar-refractivity contribution is 0.0697. The van der Waals surface area contributed by atoms with E-state index in [4.69, 9.17) is 5.11 Å². The largest absolute Gasteiger partial charge is 0.478 e. The zero-order valence-electron chi connectivity index (χ0n) is 11.0. The van der Waals surface area contributed by atoms with Crippen LogP contribution in [0, 0.1) is 0 Å². The van der Waals surface area contributed by atoms with Crippen LogP contribution in [0.15, 0.2) is 24.4 Å². The van der Waals surface area contributed by atoms with Crippen LogP contribution in [0.5, 0.6) is 0 Å². The van der Waals surface area contributed by atoms with Gasteiger partial charge in [-0.1, -0.05) is 0 Å². The molecule has 0 spiro atoms. The van der Waals surface area contributed by atoms with Gasteiger partial charge >= 0.3 is 5.97 Å². The van der Waals surface area contributed by atoms with Gasteiger partial charge in [-0.05, 0) is 42.2 Å². The lowest BCUT2D eigenvalue weighted by atomic mass is 9.93. The molecule has 0 atom stereocenters. The maximum Gasteiger partial charge on any atom is 0.335 e. The molecule has 0 unspecified atom stereocenters. The Labute approximate surface area is 114 Å². The highest BCUT2D eigenvalue weighted by atomic mass is 16.4. The minimum Gasteiger partial charge on any atom is -0.478 e. The van der Waals surface area contributed by atoms with Crippen LogP contribution >= 0.6 is 0 Å². The first-order valence-electron chi connectivity index (χ1n) is 6.54. The van der Waals surface area contributed by atoms with Gasteiger partial charge in [-0.25, -0.2) is 4.79 Å². The molecular formula is C15H13N3O2. The van der Waals surface area contributed by atoms with Crippen molar-refractivity contribution in [3.63, 3.8) is 0 Å². The van der Waals surface area contributed by atoms with Crippen LogP contribution in [0.4, 0.5) is 0 Å². The van der Waals surface area contributed by atoms with Crippen molar-refractivity contribution in [2.24, 2.45) is 7.05 Å². The summed E-state index contributed by atoms with van der Waals surface area (Å²) in [6, 6.07) is 5.30. The van der Waals surface area contributed by atoms with Gasteiger partial charge in [-0.3, -0.25) is 5.10 Å². The van der Waals surface area contributed by atoms with Gasteiger partial charge in [0.1, 0.15) is 5.69 Å². The monoisotopic (exact) mass is 267 g/mol. The van der Waals surface area contributed by atoms with Crippen molar-refractivity contribution >= 4 is 16.9 Å². The summed E-state index contributed by atoms with van der Waals surface area (Å²) in [4.78, 5) is 11.2. The lowest BCUT2D eigenvalue weighted by Crippen LogP contribution is -2.04.